The van der Waals surface area contributed by atoms with Crippen LogP contribution in [0.1, 0.15) is 42.7 Å². The van der Waals surface area contributed by atoms with Crippen LogP contribution in [0, 0.1) is 0 Å². The molecule has 1 amide bonds. The van der Waals surface area contributed by atoms with Crippen LogP contribution in [0.4, 0.5) is 0 Å². The standard InChI is InChI=1S/C13H18N2O3/c1-2-12(16)14-8-5-10(6-9-14)15-7-3-4-11(15)13(17)18/h3-4,7,10H,2,5-6,8-9H2,1H3,(H,17,18). The lowest BCUT2D eigenvalue weighted by atomic mass is 10.0. The number of aromatic carboxylic acids is 1. The lowest BCUT2D eigenvalue weighted by Crippen LogP contribution is -2.38. The predicted molar refractivity (Wildman–Crippen MR) is 66.5 cm³/mol. The predicted octanol–water partition coefficient (Wildman–Crippen LogP) is 1.76. The average molecular weight is 250 g/mol. The number of nitrogens with zero attached hydrogens (tertiary/aromatic N) is 2. The molecule has 5 heteroatoms. The minimum atomic E-state index is -0.896. The van der Waals surface area contributed by atoms with Crippen LogP contribution in [0.2, 0.25) is 0 Å². The van der Waals surface area contributed by atoms with E-state index in [2.05, 4.69) is 0 Å². The number of rotatable bonds is 3. The molecule has 1 aromatic rings. The Labute approximate surface area is 106 Å². The molecule has 0 aromatic carbocycles. The molecule has 1 saturated heterocycles. The van der Waals surface area contributed by atoms with E-state index in [1.165, 1.54) is 0 Å². The Kier molecular flexibility index (Phi) is 3.69. The molecule has 5 nitrogen and oxygen atoms in total. The van der Waals surface area contributed by atoms with Crippen molar-refractivity contribution in [2.75, 3.05) is 13.1 Å². The van der Waals surface area contributed by atoms with Gasteiger partial charge in [0.25, 0.3) is 0 Å². The molecule has 0 saturated carbocycles. The lowest BCUT2D eigenvalue weighted by Gasteiger charge is -2.33. The van der Waals surface area contributed by atoms with Gasteiger partial charge >= 0.3 is 5.97 Å². The van der Waals surface area contributed by atoms with Gasteiger partial charge in [0, 0.05) is 31.7 Å². The van der Waals surface area contributed by atoms with E-state index in [0.717, 1.165) is 12.8 Å². The number of piperidine rings is 1. The summed E-state index contributed by atoms with van der Waals surface area (Å²) in [6, 6.07) is 3.56. The van der Waals surface area contributed by atoms with Gasteiger partial charge in [-0.1, -0.05) is 6.92 Å². The molecule has 0 aliphatic carbocycles. The number of carboxylic acids is 1. The van der Waals surface area contributed by atoms with E-state index in [-0.39, 0.29) is 11.9 Å². The van der Waals surface area contributed by atoms with Crippen LogP contribution in [-0.4, -0.2) is 39.5 Å². The fourth-order valence-corrected chi connectivity index (χ4v) is 2.51. The summed E-state index contributed by atoms with van der Waals surface area (Å²) < 4.78 is 1.82. The topological polar surface area (TPSA) is 62.5 Å². The molecule has 1 aromatic heterocycles. The number of likely N-dealkylation sites (tertiary alicyclic amines) is 1. The quantitative estimate of drug-likeness (QED) is 0.889. The van der Waals surface area contributed by atoms with E-state index in [0.29, 0.717) is 25.2 Å². The molecular formula is C13H18N2O3. The molecule has 0 atom stereocenters. The molecular weight excluding hydrogens is 232 g/mol. The molecule has 1 aliphatic rings. The molecule has 2 rings (SSSR count). The summed E-state index contributed by atoms with van der Waals surface area (Å²) in [4.78, 5) is 24.5. The normalized spacial score (nSPS) is 16.8. The highest BCUT2D eigenvalue weighted by Gasteiger charge is 2.24. The smallest absolute Gasteiger partial charge is 0.352 e. The molecule has 1 fully saturated rings. The summed E-state index contributed by atoms with van der Waals surface area (Å²) in [6.07, 6.45) is 3.99. The molecule has 1 N–H and O–H groups in total. The maximum atomic E-state index is 11.6. The molecule has 2 heterocycles. The molecule has 0 bridgehead atoms. The van der Waals surface area contributed by atoms with Crippen molar-refractivity contribution in [3.8, 4) is 0 Å². The molecule has 98 valence electrons. The summed E-state index contributed by atoms with van der Waals surface area (Å²) in [7, 11) is 0. The van der Waals surface area contributed by atoms with Gasteiger partial charge in [-0.05, 0) is 25.0 Å². The van der Waals surface area contributed by atoms with E-state index < -0.39 is 5.97 Å². The third-order valence-corrected chi connectivity index (χ3v) is 3.51. The van der Waals surface area contributed by atoms with E-state index in [9.17, 15) is 9.59 Å². The van der Waals surface area contributed by atoms with E-state index in [1.54, 1.807) is 12.1 Å². The van der Waals surface area contributed by atoms with Crippen molar-refractivity contribution in [1.82, 2.24) is 9.47 Å². The van der Waals surface area contributed by atoms with E-state index in [4.69, 9.17) is 5.11 Å². The van der Waals surface area contributed by atoms with Crippen molar-refractivity contribution < 1.29 is 14.7 Å². The highest BCUT2D eigenvalue weighted by molar-refractivity contribution is 5.85. The Morgan fingerprint density at radius 1 is 1.39 bits per heavy atom. The fourth-order valence-electron chi connectivity index (χ4n) is 2.51. The molecule has 18 heavy (non-hydrogen) atoms. The molecule has 0 unspecified atom stereocenters. The highest BCUT2D eigenvalue weighted by atomic mass is 16.4. The van der Waals surface area contributed by atoms with Crippen LogP contribution < -0.4 is 0 Å². The Morgan fingerprint density at radius 3 is 2.61 bits per heavy atom. The maximum Gasteiger partial charge on any atom is 0.352 e. The van der Waals surface area contributed by atoms with Gasteiger partial charge in [0.15, 0.2) is 0 Å². The highest BCUT2D eigenvalue weighted by Crippen LogP contribution is 2.24. The molecule has 0 spiro atoms. The lowest BCUT2D eigenvalue weighted by molar-refractivity contribution is -0.132. The zero-order valence-electron chi connectivity index (χ0n) is 10.5. The van der Waals surface area contributed by atoms with Gasteiger partial charge in [0.1, 0.15) is 5.69 Å². The second kappa shape index (κ2) is 5.25. The van der Waals surface area contributed by atoms with Gasteiger partial charge in [0.2, 0.25) is 5.91 Å². The van der Waals surface area contributed by atoms with Gasteiger partial charge in [0.05, 0.1) is 0 Å². The molecule has 1 aliphatic heterocycles. The first-order valence-corrected chi connectivity index (χ1v) is 6.31. The van der Waals surface area contributed by atoms with Crippen molar-refractivity contribution >= 4 is 11.9 Å². The van der Waals surface area contributed by atoms with Crippen LogP contribution in [0.5, 0.6) is 0 Å². The van der Waals surface area contributed by atoms with E-state index >= 15 is 0 Å². The van der Waals surface area contributed by atoms with Crippen LogP contribution in [0.3, 0.4) is 0 Å². The van der Waals surface area contributed by atoms with Gasteiger partial charge in [-0.25, -0.2) is 4.79 Å². The van der Waals surface area contributed by atoms with Gasteiger partial charge < -0.3 is 14.6 Å². The number of aromatic nitrogens is 1. The largest absolute Gasteiger partial charge is 0.477 e. The van der Waals surface area contributed by atoms with Gasteiger partial charge in [-0.2, -0.15) is 0 Å². The van der Waals surface area contributed by atoms with Crippen molar-refractivity contribution in [2.45, 2.75) is 32.2 Å². The number of amides is 1. The summed E-state index contributed by atoms with van der Waals surface area (Å²) in [5, 5.41) is 9.08. The maximum absolute atomic E-state index is 11.6. The summed E-state index contributed by atoms with van der Waals surface area (Å²) >= 11 is 0. The second-order valence-electron chi connectivity index (χ2n) is 4.57. The van der Waals surface area contributed by atoms with Crippen molar-refractivity contribution in [3.05, 3.63) is 24.0 Å². The van der Waals surface area contributed by atoms with Gasteiger partial charge in [-0.15, -0.1) is 0 Å². The summed E-state index contributed by atoms with van der Waals surface area (Å²) in [5.74, 6) is -0.716. The Hall–Kier alpha value is -1.78. The minimum absolute atomic E-state index is 0.180. The van der Waals surface area contributed by atoms with Crippen molar-refractivity contribution in [3.63, 3.8) is 0 Å². The minimum Gasteiger partial charge on any atom is -0.477 e. The third kappa shape index (κ3) is 2.39. The number of carbonyl (C=O) groups is 2. The summed E-state index contributed by atoms with van der Waals surface area (Å²) in [5.41, 5.74) is 0.329. The number of carbonyl (C=O) groups excluding carboxylic acids is 1. The van der Waals surface area contributed by atoms with Crippen LogP contribution >= 0.6 is 0 Å². The Bertz CT molecular complexity index is 445. The number of hydrogen-bond donors (Lipinski definition) is 1. The van der Waals surface area contributed by atoms with Crippen LogP contribution in [0.25, 0.3) is 0 Å². The molecule has 0 radical (unpaired) electrons. The Balaban J connectivity index is 2.03. The zero-order chi connectivity index (χ0) is 13.1. The fraction of sp³-hybridized carbons (Fsp3) is 0.538. The van der Waals surface area contributed by atoms with Crippen molar-refractivity contribution in [1.29, 1.82) is 0 Å². The monoisotopic (exact) mass is 250 g/mol. The van der Waals surface area contributed by atoms with Crippen LogP contribution in [-0.2, 0) is 4.79 Å². The first kappa shape index (κ1) is 12.7. The number of carboxylic acid groups (broad SMARTS) is 1. The third-order valence-electron chi connectivity index (χ3n) is 3.51. The SMILES string of the molecule is CCC(=O)N1CCC(n2cccc2C(=O)O)CC1. The van der Waals surface area contributed by atoms with Gasteiger partial charge in [-0.3, -0.25) is 4.79 Å². The average Bonchev–Trinajstić information content (AvgIpc) is 2.87. The first-order valence-electron chi connectivity index (χ1n) is 6.31. The van der Waals surface area contributed by atoms with E-state index in [1.807, 2.05) is 22.6 Å². The Morgan fingerprint density at radius 2 is 2.06 bits per heavy atom. The zero-order valence-corrected chi connectivity index (χ0v) is 10.5. The number of hydrogen-bond acceptors (Lipinski definition) is 2. The summed E-state index contributed by atoms with van der Waals surface area (Å²) in [6.45, 7) is 3.30. The van der Waals surface area contributed by atoms with Crippen molar-refractivity contribution in [2.24, 2.45) is 0 Å². The van der Waals surface area contributed by atoms with Crippen LogP contribution in [0.15, 0.2) is 18.3 Å². The first-order chi connectivity index (χ1) is 8.63. The second-order valence-corrected chi connectivity index (χ2v) is 4.57.